The second-order valence-electron chi connectivity index (χ2n) is 4.29. The minimum atomic E-state index is -0.127. The van der Waals surface area contributed by atoms with Crippen LogP contribution in [0.25, 0.3) is 0 Å². The molecule has 1 unspecified atom stereocenters. The normalized spacial score (nSPS) is 13.2. The molecule has 1 aromatic carbocycles. The lowest BCUT2D eigenvalue weighted by atomic mass is 9.95. The summed E-state index contributed by atoms with van der Waals surface area (Å²) in [4.78, 5) is 0. The number of hydrogen-bond acceptors (Lipinski definition) is 1. The Balaban J connectivity index is 2.95. The van der Waals surface area contributed by atoms with Crippen molar-refractivity contribution in [2.24, 2.45) is 5.92 Å². The van der Waals surface area contributed by atoms with Crippen LogP contribution in [0.1, 0.15) is 37.9 Å². The molecule has 0 aliphatic rings. The second-order valence-corrected chi connectivity index (χ2v) is 4.29. The van der Waals surface area contributed by atoms with Crippen LogP contribution in [0.2, 0.25) is 0 Å². The molecule has 0 heterocycles. The first-order valence-electron chi connectivity index (χ1n) is 5.55. The van der Waals surface area contributed by atoms with E-state index < -0.39 is 0 Å². The van der Waals surface area contributed by atoms with E-state index in [0.717, 1.165) is 12.1 Å². The topological polar surface area (TPSA) is 12.0 Å². The van der Waals surface area contributed by atoms with Gasteiger partial charge in [-0.05, 0) is 36.6 Å². The van der Waals surface area contributed by atoms with Crippen molar-refractivity contribution in [3.63, 3.8) is 0 Å². The zero-order valence-electron chi connectivity index (χ0n) is 9.97. The van der Waals surface area contributed by atoms with Crippen molar-refractivity contribution in [2.75, 3.05) is 6.54 Å². The van der Waals surface area contributed by atoms with E-state index in [2.05, 4.69) is 26.1 Å². The molecule has 1 atom stereocenters. The molecule has 0 radical (unpaired) electrons. The average molecular weight is 209 g/mol. The van der Waals surface area contributed by atoms with Gasteiger partial charge < -0.3 is 5.32 Å². The Morgan fingerprint density at radius 2 is 2.00 bits per heavy atom. The molecule has 1 aromatic rings. The number of hydrogen-bond donors (Lipinski definition) is 1. The third-order valence-corrected chi connectivity index (χ3v) is 2.63. The van der Waals surface area contributed by atoms with E-state index in [9.17, 15) is 4.39 Å². The van der Waals surface area contributed by atoms with Gasteiger partial charge in [-0.15, -0.1) is 0 Å². The lowest BCUT2D eigenvalue weighted by molar-refractivity contribution is 0.421. The van der Waals surface area contributed by atoms with Crippen LogP contribution in [0.5, 0.6) is 0 Å². The van der Waals surface area contributed by atoms with Gasteiger partial charge in [-0.1, -0.05) is 32.9 Å². The molecule has 84 valence electrons. The lowest BCUT2D eigenvalue weighted by Gasteiger charge is -2.22. The van der Waals surface area contributed by atoms with E-state index in [4.69, 9.17) is 0 Å². The summed E-state index contributed by atoms with van der Waals surface area (Å²) < 4.78 is 13.1. The van der Waals surface area contributed by atoms with Gasteiger partial charge in [0.2, 0.25) is 0 Å². The predicted molar refractivity (Wildman–Crippen MR) is 62.4 cm³/mol. The van der Waals surface area contributed by atoms with Crippen LogP contribution < -0.4 is 5.32 Å². The van der Waals surface area contributed by atoms with E-state index in [1.54, 1.807) is 6.07 Å². The molecule has 15 heavy (non-hydrogen) atoms. The summed E-state index contributed by atoms with van der Waals surface area (Å²) in [7, 11) is 0. The van der Waals surface area contributed by atoms with Crippen LogP contribution in [0.3, 0.4) is 0 Å². The van der Waals surface area contributed by atoms with Crippen molar-refractivity contribution in [1.82, 2.24) is 5.32 Å². The van der Waals surface area contributed by atoms with Crippen molar-refractivity contribution in [1.29, 1.82) is 0 Å². The molecule has 0 aliphatic carbocycles. The van der Waals surface area contributed by atoms with Crippen molar-refractivity contribution >= 4 is 0 Å². The molecular weight excluding hydrogens is 189 g/mol. The van der Waals surface area contributed by atoms with Gasteiger partial charge in [0.15, 0.2) is 0 Å². The van der Waals surface area contributed by atoms with Crippen LogP contribution >= 0.6 is 0 Å². The highest BCUT2D eigenvalue weighted by molar-refractivity contribution is 5.26. The first-order valence-corrected chi connectivity index (χ1v) is 5.55. The molecule has 0 fully saturated rings. The molecule has 0 bridgehead atoms. The minimum absolute atomic E-state index is 0.127. The summed E-state index contributed by atoms with van der Waals surface area (Å²) in [5, 5.41) is 3.42. The van der Waals surface area contributed by atoms with Crippen molar-refractivity contribution in [3.8, 4) is 0 Å². The summed E-state index contributed by atoms with van der Waals surface area (Å²) >= 11 is 0. The number of aryl methyl sites for hydroxylation is 1. The summed E-state index contributed by atoms with van der Waals surface area (Å²) in [5.74, 6) is 0.382. The average Bonchev–Trinajstić information content (AvgIpc) is 2.18. The van der Waals surface area contributed by atoms with Crippen LogP contribution in [-0.2, 0) is 0 Å². The van der Waals surface area contributed by atoms with Gasteiger partial charge in [0.05, 0.1) is 0 Å². The highest BCUT2D eigenvalue weighted by atomic mass is 19.1. The molecule has 0 saturated heterocycles. The lowest BCUT2D eigenvalue weighted by Crippen LogP contribution is -2.25. The fourth-order valence-corrected chi connectivity index (χ4v) is 1.82. The molecule has 0 saturated carbocycles. The first kappa shape index (κ1) is 12.2. The minimum Gasteiger partial charge on any atom is -0.310 e. The fraction of sp³-hybridized carbons (Fsp3) is 0.538. The Morgan fingerprint density at radius 1 is 1.33 bits per heavy atom. The third-order valence-electron chi connectivity index (χ3n) is 2.63. The summed E-state index contributed by atoms with van der Waals surface area (Å²) in [6, 6.07) is 5.67. The van der Waals surface area contributed by atoms with E-state index >= 15 is 0 Å². The van der Waals surface area contributed by atoms with Gasteiger partial charge in [-0.25, -0.2) is 4.39 Å². The maximum atomic E-state index is 13.1. The number of benzene rings is 1. The van der Waals surface area contributed by atoms with E-state index in [0.29, 0.717) is 12.0 Å². The standard InChI is InChI=1S/C13H20FN/c1-5-15-13(9(2)3)11-6-7-12(14)10(4)8-11/h6-9,13,15H,5H2,1-4H3. The monoisotopic (exact) mass is 209 g/mol. The molecule has 0 aliphatic heterocycles. The maximum absolute atomic E-state index is 13.1. The SMILES string of the molecule is CCNC(c1ccc(F)c(C)c1)C(C)C. The van der Waals surface area contributed by atoms with Gasteiger partial charge in [0, 0.05) is 6.04 Å². The highest BCUT2D eigenvalue weighted by Crippen LogP contribution is 2.23. The van der Waals surface area contributed by atoms with Gasteiger partial charge in [0.1, 0.15) is 5.82 Å². The quantitative estimate of drug-likeness (QED) is 0.801. The van der Waals surface area contributed by atoms with Gasteiger partial charge >= 0.3 is 0 Å². The largest absolute Gasteiger partial charge is 0.310 e. The summed E-state index contributed by atoms with van der Waals surface area (Å²) in [5.41, 5.74) is 1.89. The van der Waals surface area contributed by atoms with Crippen LogP contribution in [0.15, 0.2) is 18.2 Å². The Kier molecular flexibility index (Phi) is 4.28. The number of halogens is 1. The van der Waals surface area contributed by atoms with Crippen molar-refractivity contribution in [3.05, 3.63) is 35.1 Å². The molecule has 1 rings (SSSR count). The number of nitrogens with one attached hydrogen (secondary N) is 1. The molecule has 0 amide bonds. The molecular formula is C13H20FN. The van der Waals surface area contributed by atoms with E-state index in [1.165, 1.54) is 5.56 Å². The summed E-state index contributed by atoms with van der Waals surface area (Å²) in [6.45, 7) is 9.17. The molecule has 0 spiro atoms. The Hall–Kier alpha value is -0.890. The van der Waals surface area contributed by atoms with Gasteiger partial charge in [-0.2, -0.15) is 0 Å². The smallest absolute Gasteiger partial charge is 0.126 e. The van der Waals surface area contributed by atoms with Gasteiger partial charge in [-0.3, -0.25) is 0 Å². The Morgan fingerprint density at radius 3 is 2.47 bits per heavy atom. The third kappa shape index (κ3) is 3.03. The second kappa shape index (κ2) is 5.26. The Bertz CT molecular complexity index is 320. The fourth-order valence-electron chi connectivity index (χ4n) is 1.82. The summed E-state index contributed by atoms with van der Waals surface area (Å²) in [6.07, 6.45) is 0. The molecule has 1 N–H and O–H groups in total. The van der Waals surface area contributed by atoms with Crippen LogP contribution in [-0.4, -0.2) is 6.54 Å². The zero-order valence-corrected chi connectivity index (χ0v) is 9.97. The molecule has 0 aromatic heterocycles. The van der Waals surface area contributed by atoms with E-state index in [-0.39, 0.29) is 5.82 Å². The predicted octanol–water partition coefficient (Wildman–Crippen LogP) is 3.44. The molecule has 2 heteroatoms. The van der Waals surface area contributed by atoms with Crippen LogP contribution in [0.4, 0.5) is 4.39 Å². The Labute approximate surface area is 91.7 Å². The highest BCUT2D eigenvalue weighted by Gasteiger charge is 2.14. The number of rotatable bonds is 4. The maximum Gasteiger partial charge on any atom is 0.126 e. The van der Waals surface area contributed by atoms with Crippen molar-refractivity contribution < 1.29 is 4.39 Å². The van der Waals surface area contributed by atoms with Gasteiger partial charge in [0.25, 0.3) is 0 Å². The first-order chi connectivity index (χ1) is 7.06. The van der Waals surface area contributed by atoms with Crippen molar-refractivity contribution in [2.45, 2.75) is 33.7 Å². The van der Waals surface area contributed by atoms with E-state index in [1.807, 2.05) is 19.1 Å². The zero-order chi connectivity index (χ0) is 11.4. The van der Waals surface area contributed by atoms with Crippen LogP contribution in [0, 0.1) is 18.7 Å². The molecule has 1 nitrogen and oxygen atoms in total.